The molecule has 2 rings (SSSR count). The number of hydrogen-bond acceptors (Lipinski definition) is 3. The van der Waals surface area contributed by atoms with Gasteiger partial charge in [0.15, 0.2) is 0 Å². The van der Waals surface area contributed by atoms with Gasteiger partial charge in [0.1, 0.15) is 0 Å². The van der Waals surface area contributed by atoms with Crippen molar-refractivity contribution < 1.29 is 9.59 Å². The summed E-state index contributed by atoms with van der Waals surface area (Å²) in [7, 11) is 0. The van der Waals surface area contributed by atoms with Crippen LogP contribution < -0.4 is 10.9 Å². The second-order valence-electron chi connectivity index (χ2n) is 3.90. The Morgan fingerprint density at radius 3 is 2.57 bits per heavy atom. The Balaban J connectivity index is 1.88. The van der Waals surface area contributed by atoms with E-state index >= 15 is 0 Å². The summed E-state index contributed by atoms with van der Waals surface area (Å²) in [4.78, 5) is 23.8. The maximum Gasteiger partial charge on any atom is 0.279 e. The SMILES string of the molecule is O=C(/C=C/c1ccccc1Cl)NNC(=O)c1ccc(Br)s1. The van der Waals surface area contributed by atoms with E-state index < -0.39 is 5.91 Å². The van der Waals surface area contributed by atoms with Gasteiger partial charge in [-0.2, -0.15) is 0 Å². The Labute approximate surface area is 138 Å². The highest BCUT2D eigenvalue weighted by atomic mass is 79.9. The number of halogens is 2. The number of nitrogens with one attached hydrogen (secondary N) is 2. The van der Waals surface area contributed by atoms with Crippen molar-refractivity contribution in [2.75, 3.05) is 0 Å². The van der Waals surface area contributed by atoms with E-state index in [-0.39, 0.29) is 5.91 Å². The van der Waals surface area contributed by atoms with Gasteiger partial charge < -0.3 is 0 Å². The third-order valence-corrected chi connectivity index (χ3v) is 4.38. The van der Waals surface area contributed by atoms with E-state index in [1.807, 2.05) is 6.07 Å². The minimum Gasteiger partial charge on any atom is -0.268 e. The van der Waals surface area contributed by atoms with Crippen molar-refractivity contribution in [2.24, 2.45) is 0 Å². The predicted molar refractivity (Wildman–Crippen MR) is 88.1 cm³/mol. The van der Waals surface area contributed by atoms with Crippen molar-refractivity contribution in [3.63, 3.8) is 0 Å². The van der Waals surface area contributed by atoms with Gasteiger partial charge in [0.25, 0.3) is 11.8 Å². The lowest BCUT2D eigenvalue weighted by molar-refractivity contribution is -0.117. The van der Waals surface area contributed by atoms with Crippen LogP contribution in [0, 0.1) is 0 Å². The molecule has 1 aromatic heterocycles. The van der Waals surface area contributed by atoms with E-state index in [9.17, 15) is 9.59 Å². The normalized spacial score (nSPS) is 10.6. The van der Waals surface area contributed by atoms with Gasteiger partial charge in [0.2, 0.25) is 0 Å². The lowest BCUT2D eigenvalue weighted by atomic mass is 10.2. The van der Waals surface area contributed by atoms with Gasteiger partial charge in [-0.1, -0.05) is 29.8 Å². The second-order valence-corrected chi connectivity index (χ2v) is 6.77. The third-order valence-electron chi connectivity index (χ3n) is 2.42. The molecule has 0 aliphatic rings. The fourth-order valence-electron chi connectivity index (χ4n) is 1.43. The molecule has 0 saturated heterocycles. The summed E-state index contributed by atoms with van der Waals surface area (Å²) < 4.78 is 0.845. The molecule has 21 heavy (non-hydrogen) atoms. The number of carbonyl (C=O) groups excluding carboxylic acids is 2. The topological polar surface area (TPSA) is 58.2 Å². The van der Waals surface area contributed by atoms with Gasteiger partial charge in [0.05, 0.1) is 8.66 Å². The second kappa shape index (κ2) is 7.40. The van der Waals surface area contributed by atoms with Gasteiger partial charge in [-0.15, -0.1) is 11.3 Å². The van der Waals surface area contributed by atoms with Gasteiger partial charge in [-0.05, 0) is 45.8 Å². The van der Waals surface area contributed by atoms with Crippen LogP contribution in [0.5, 0.6) is 0 Å². The molecule has 0 saturated carbocycles. The molecule has 2 aromatic rings. The molecule has 0 aliphatic heterocycles. The summed E-state index contributed by atoms with van der Waals surface area (Å²) in [5, 5.41) is 0.550. The lowest BCUT2D eigenvalue weighted by Gasteiger charge is -2.03. The molecular formula is C14H10BrClN2O2S. The highest BCUT2D eigenvalue weighted by molar-refractivity contribution is 9.11. The van der Waals surface area contributed by atoms with Crippen LogP contribution in [0.2, 0.25) is 5.02 Å². The van der Waals surface area contributed by atoms with Crippen molar-refractivity contribution in [3.8, 4) is 0 Å². The summed E-state index contributed by atoms with van der Waals surface area (Å²) in [5.74, 6) is -0.816. The Kier molecular flexibility index (Phi) is 5.55. The zero-order valence-corrected chi connectivity index (χ0v) is 13.8. The van der Waals surface area contributed by atoms with E-state index in [1.165, 1.54) is 17.4 Å². The average Bonchev–Trinajstić information content (AvgIpc) is 2.90. The summed E-state index contributed by atoms with van der Waals surface area (Å²) in [5.41, 5.74) is 5.36. The first-order valence-corrected chi connectivity index (χ1v) is 7.83. The van der Waals surface area contributed by atoms with Crippen LogP contribution in [0.1, 0.15) is 15.2 Å². The summed E-state index contributed by atoms with van der Waals surface area (Å²) in [6.07, 6.45) is 2.87. The van der Waals surface area contributed by atoms with E-state index in [1.54, 1.807) is 36.4 Å². The molecule has 1 heterocycles. The minimum atomic E-state index is -0.445. The van der Waals surface area contributed by atoms with Gasteiger partial charge in [0, 0.05) is 11.1 Å². The summed E-state index contributed by atoms with van der Waals surface area (Å²) in [6, 6.07) is 10.6. The van der Waals surface area contributed by atoms with Crippen molar-refractivity contribution in [3.05, 3.63) is 61.7 Å². The molecule has 0 unspecified atom stereocenters. The zero-order chi connectivity index (χ0) is 15.2. The van der Waals surface area contributed by atoms with Gasteiger partial charge >= 0.3 is 0 Å². The van der Waals surface area contributed by atoms with Crippen molar-refractivity contribution in [1.29, 1.82) is 0 Å². The molecule has 1 aromatic carbocycles. The van der Waals surface area contributed by atoms with E-state index in [2.05, 4.69) is 26.8 Å². The average molecular weight is 386 g/mol. The number of thiophene rings is 1. The number of rotatable bonds is 3. The van der Waals surface area contributed by atoms with Gasteiger partial charge in [-0.3, -0.25) is 20.4 Å². The number of amides is 2. The molecule has 0 atom stereocenters. The molecule has 0 bridgehead atoms. The molecule has 0 aliphatic carbocycles. The monoisotopic (exact) mass is 384 g/mol. The van der Waals surface area contributed by atoms with E-state index in [4.69, 9.17) is 11.6 Å². The Bertz CT molecular complexity index is 700. The molecule has 0 spiro atoms. The highest BCUT2D eigenvalue weighted by Crippen LogP contribution is 2.21. The lowest BCUT2D eigenvalue weighted by Crippen LogP contribution is -2.40. The maximum atomic E-state index is 11.7. The molecule has 2 amide bonds. The number of hydrogen-bond donors (Lipinski definition) is 2. The Morgan fingerprint density at radius 2 is 1.90 bits per heavy atom. The fourth-order valence-corrected chi connectivity index (χ4v) is 2.91. The summed E-state index contributed by atoms with van der Waals surface area (Å²) in [6.45, 7) is 0. The van der Waals surface area contributed by atoms with E-state index in [0.717, 1.165) is 9.35 Å². The Hall–Kier alpha value is -1.63. The van der Waals surface area contributed by atoms with E-state index in [0.29, 0.717) is 9.90 Å². The Morgan fingerprint density at radius 1 is 1.14 bits per heavy atom. The molecule has 0 radical (unpaired) electrons. The summed E-state index contributed by atoms with van der Waals surface area (Å²) >= 11 is 10.5. The highest BCUT2D eigenvalue weighted by Gasteiger charge is 2.08. The van der Waals surface area contributed by atoms with Crippen LogP contribution in [-0.4, -0.2) is 11.8 Å². The molecule has 0 fully saturated rings. The quantitative estimate of drug-likeness (QED) is 0.626. The third kappa shape index (κ3) is 4.70. The van der Waals surface area contributed by atoms with Crippen LogP contribution in [-0.2, 0) is 4.79 Å². The van der Waals surface area contributed by atoms with Crippen LogP contribution >= 0.6 is 38.9 Å². The zero-order valence-electron chi connectivity index (χ0n) is 10.6. The first-order chi connectivity index (χ1) is 10.1. The molecule has 4 nitrogen and oxygen atoms in total. The van der Waals surface area contributed by atoms with Crippen LogP contribution in [0.25, 0.3) is 6.08 Å². The van der Waals surface area contributed by atoms with Crippen LogP contribution in [0.15, 0.2) is 46.3 Å². The number of hydrazine groups is 1. The first-order valence-electron chi connectivity index (χ1n) is 5.84. The van der Waals surface area contributed by atoms with Gasteiger partial charge in [-0.25, -0.2) is 0 Å². The van der Waals surface area contributed by atoms with Crippen LogP contribution in [0.4, 0.5) is 0 Å². The predicted octanol–water partition coefficient (Wildman–Crippen LogP) is 3.64. The van der Waals surface area contributed by atoms with Crippen molar-refractivity contribution in [1.82, 2.24) is 10.9 Å². The smallest absolute Gasteiger partial charge is 0.268 e. The molecular weight excluding hydrogens is 376 g/mol. The first kappa shape index (κ1) is 15.8. The minimum absolute atomic E-state index is 0.370. The fraction of sp³-hybridized carbons (Fsp3) is 0. The molecule has 108 valence electrons. The van der Waals surface area contributed by atoms with Crippen LogP contribution in [0.3, 0.4) is 0 Å². The standard InChI is InChI=1S/C14H10BrClN2O2S/c15-12-7-6-11(21-12)14(20)18-17-13(19)8-5-9-3-1-2-4-10(9)16/h1-8H,(H,17,19)(H,18,20)/b8-5+. The van der Waals surface area contributed by atoms with Crippen molar-refractivity contribution >= 4 is 56.8 Å². The number of benzene rings is 1. The largest absolute Gasteiger partial charge is 0.279 e. The van der Waals surface area contributed by atoms with Crippen molar-refractivity contribution in [2.45, 2.75) is 0 Å². The molecule has 2 N–H and O–H groups in total. The molecule has 7 heteroatoms. The maximum absolute atomic E-state index is 11.7. The number of carbonyl (C=O) groups is 2.